The number of esters is 1. The second kappa shape index (κ2) is 6.50. The number of hydrogen-bond donors (Lipinski definition) is 0. The lowest BCUT2D eigenvalue weighted by molar-refractivity contribution is 0.0491. The van der Waals surface area contributed by atoms with E-state index in [0.717, 1.165) is 22.4 Å². The summed E-state index contributed by atoms with van der Waals surface area (Å²) in [4.78, 5) is 16.5. The summed E-state index contributed by atoms with van der Waals surface area (Å²) in [6.07, 6.45) is 0. The third-order valence-electron chi connectivity index (χ3n) is 3.51. The van der Waals surface area contributed by atoms with Gasteiger partial charge in [0.05, 0.1) is 12.3 Å². The average Bonchev–Trinajstić information content (AvgIpc) is 3.06. The molecule has 0 bridgehead atoms. The highest BCUT2D eigenvalue weighted by Gasteiger charge is 2.22. The summed E-state index contributed by atoms with van der Waals surface area (Å²) >= 11 is 1.43. The van der Waals surface area contributed by atoms with E-state index in [2.05, 4.69) is 4.98 Å². The molecule has 0 aliphatic carbocycles. The lowest BCUT2D eigenvalue weighted by atomic mass is 10.1. The van der Waals surface area contributed by atoms with Crippen LogP contribution in [0.15, 0.2) is 38.3 Å². The quantitative estimate of drug-likeness (QED) is 0.506. The summed E-state index contributed by atoms with van der Waals surface area (Å²) in [5.74, 6) is 1.12. The molecule has 3 rings (SSSR count). The third kappa shape index (κ3) is 3.12. The minimum Gasteiger partial charge on any atom is -0.460 e. The molecule has 1 aromatic carbocycles. The number of benzene rings is 1. The van der Waals surface area contributed by atoms with Gasteiger partial charge in [0, 0.05) is 16.7 Å². The first-order chi connectivity index (χ1) is 11.1. The van der Waals surface area contributed by atoms with Crippen LogP contribution in [0.2, 0.25) is 0 Å². The summed E-state index contributed by atoms with van der Waals surface area (Å²) in [5, 5.41) is 1.49. The lowest BCUT2D eigenvalue weighted by Gasteiger charge is -2.01. The molecular weight excluding hydrogens is 314 g/mol. The van der Waals surface area contributed by atoms with Gasteiger partial charge in [0.2, 0.25) is 5.76 Å². The molecule has 6 heteroatoms. The zero-order valence-electron chi connectivity index (χ0n) is 13.2. The van der Waals surface area contributed by atoms with Crippen molar-refractivity contribution in [3.8, 4) is 0 Å². The summed E-state index contributed by atoms with van der Waals surface area (Å²) in [5.41, 5.74) is 2.35. The molecule has 0 radical (unpaired) electrons. The molecule has 0 saturated heterocycles. The molecule has 0 saturated carbocycles. The third-order valence-corrected chi connectivity index (χ3v) is 4.36. The summed E-state index contributed by atoms with van der Waals surface area (Å²) in [7, 11) is 0. The Morgan fingerprint density at radius 3 is 2.74 bits per heavy atom. The second-order valence-corrected chi connectivity index (χ2v) is 5.96. The van der Waals surface area contributed by atoms with Crippen molar-refractivity contribution in [1.82, 2.24) is 4.98 Å². The molecule has 0 aliphatic rings. The highest BCUT2D eigenvalue weighted by atomic mass is 32.2. The number of carbonyl (C=O) groups is 1. The highest BCUT2D eigenvalue weighted by molar-refractivity contribution is 7.98. The van der Waals surface area contributed by atoms with Crippen LogP contribution in [0, 0.1) is 13.8 Å². The fourth-order valence-corrected chi connectivity index (χ4v) is 3.18. The van der Waals surface area contributed by atoms with Crippen LogP contribution in [0.4, 0.5) is 0 Å². The van der Waals surface area contributed by atoms with Crippen LogP contribution in [-0.4, -0.2) is 17.6 Å². The Labute approximate surface area is 138 Å². The number of aryl methyl sites for hydroxylation is 2. The predicted octanol–water partition coefficient (Wildman–Crippen LogP) is 4.51. The van der Waals surface area contributed by atoms with Gasteiger partial charge < -0.3 is 13.6 Å². The highest BCUT2D eigenvalue weighted by Crippen LogP contribution is 2.32. The topological polar surface area (TPSA) is 65.5 Å². The number of hydrogen-bond acceptors (Lipinski definition) is 6. The molecule has 120 valence electrons. The van der Waals surface area contributed by atoms with Gasteiger partial charge in [-0.05, 0) is 26.8 Å². The fraction of sp³-hybridized carbons (Fsp3) is 0.294. The molecule has 0 fully saturated rings. The number of carbonyl (C=O) groups excluding carboxylic acids is 1. The van der Waals surface area contributed by atoms with Crippen LogP contribution in [0.25, 0.3) is 11.0 Å². The van der Waals surface area contributed by atoms with E-state index in [1.807, 2.05) is 38.1 Å². The van der Waals surface area contributed by atoms with Gasteiger partial charge in [-0.25, -0.2) is 9.78 Å². The summed E-state index contributed by atoms with van der Waals surface area (Å²) in [6.45, 7) is 5.86. The number of aromatic nitrogens is 1. The molecule has 0 aliphatic heterocycles. The number of furan rings is 1. The first kappa shape index (κ1) is 15.7. The molecule has 0 atom stereocenters. The molecule has 23 heavy (non-hydrogen) atoms. The van der Waals surface area contributed by atoms with Gasteiger partial charge in [0.1, 0.15) is 11.3 Å². The van der Waals surface area contributed by atoms with Crippen molar-refractivity contribution in [3.05, 3.63) is 47.0 Å². The van der Waals surface area contributed by atoms with Crippen molar-refractivity contribution in [2.45, 2.75) is 31.7 Å². The van der Waals surface area contributed by atoms with Gasteiger partial charge in [-0.3, -0.25) is 0 Å². The van der Waals surface area contributed by atoms with Crippen molar-refractivity contribution < 1.29 is 18.4 Å². The summed E-state index contributed by atoms with van der Waals surface area (Å²) in [6, 6.07) is 7.56. The monoisotopic (exact) mass is 331 g/mol. The van der Waals surface area contributed by atoms with E-state index in [-0.39, 0.29) is 5.76 Å². The second-order valence-electron chi connectivity index (χ2n) is 5.04. The van der Waals surface area contributed by atoms with Crippen molar-refractivity contribution in [1.29, 1.82) is 0 Å². The smallest absolute Gasteiger partial charge is 0.374 e. The molecule has 5 nitrogen and oxygen atoms in total. The van der Waals surface area contributed by atoms with Crippen LogP contribution in [0.5, 0.6) is 0 Å². The minimum absolute atomic E-state index is 0.251. The van der Waals surface area contributed by atoms with Crippen molar-refractivity contribution >= 4 is 28.7 Å². The fourth-order valence-electron chi connectivity index (χ4n) is 2.24. The Morgan fingerprint density at radius 2 is 2.04 bits per heavy atom. The van der Waals surface area contributed by atoms with Crippen LogP contribution in [-0.2, 0) is 10.5 Å². The molecule has 0 spiro atoms. The molecule has 0 unspecified atom stereocenters. The first-order valence-electron chi connectivity index (χ1n) is 7.34. The SMILES string of the molecule is CCOC(=O)c1oc2ccccc2c1CSc1nc(C)c(C)o1. The Kier molecular flexibility index (Phi) is 4.43. The van der Waals surface area contributed by atoms with Gasteiger partial charge in [0.25, 0.3) is 5.22 Å². The molecular formula is C17H17NO4S. The van der Waals surface area contributed by atoms with Crippen LogP contribution in [0.1, 0.15) is 34.5 Å². The van der Waals surface area contributed by atoms with Crippen molar-refractivity contribution in [2.75, 3.05) is 6.61 Å². The standard InChI is InChI=1S/C17H17NO4S/c1-4-20-16(19)15-13(12-7-5-6-8-14(12)22-15)9-23-17-18-10(2)11(3)21-17/h5-8H,4,9H2,1-3H3. The maximum absolute atomic E-state index is 12.1. The lowest BCUT2D eigenvalue weighted by Crippen LogP contribution is -2.05. The van der Waals surface area contributed by atoms with Gasteiger partial charge in [-0.15, -0.1) is 0 Å². The maximum atomic E-state index is 12.1. The largest absolute Gasteiger partial charge is 0.460 e. The van der Waals surface area contributed by atoms with Crippen LogP contribution >= 0.6 is 11.8 Å². The zero-order valence-corrected chi connectivity index (χ0v) is 14.0. The van der Waals surface area contributed by atoms with Gasteiger partial charge >= 0.3 is 5.97 Å². The number of thioether (sulfide) groups is 1. The van der Waals surface area contributed by atoms with Gasteiger partial charge in [-0.1, -0.05) is 30.0 Å². The zero-order chi connectivity index (χ0) is 16.4. The Hall–Kier alpha value is -2.21. The van der Waals surface area contributed by atoms with Crippen LogP contribution < -0.4 is 0 Å². The minimum atomic E-state index is -0.445. The van der Waals surface area contributed by atoms with Gasteiger partial charge in [0.15, 0.2) is 0 Å². The van der Waals surface area contributed by atoms with E-state index in [1.54, 1.807) is 6.92 Å². The molecule has 2 aromatic heterocycles. The Morgan fingerprint density at radius 1 is 1.26 bits per heavy atom. The number of rotatable bonds is 5. The molecule has 3 aromatic rings. The number of oxazole rings is 1. The van der Waals surface area contributed by atoms with E-state index >= 15 is 0 Å². The van der Waals surface area contributed by atoms with Crippen molar-refractivity contribution in [2.24, 2.45) is 0 Å². The molecule has 0 amide bonds. The molecule has 2 heterocycles. The number of fused-ring (bicyclic) bond motifs is 1. The number of nitrogens with zero attached hydrogens (tertiary/aromatic N) is 1. The number of para-hydroxylation sites is 1. The van der Waals surface area contributed by atoms with E-state index in [1.165, 1.54) is 11.8 Å². The number of ether oxygens (including phenoxy) is 1. The van der Waals surface area contributed by atoms with E-state index in [0.29, 0.717) is 23.2 Å². The van der Waals surface area contributed by atoms with Crippen molar-refractivity contribution in [3.63, 3.8) is 0 Å². The Balaban J connectivity index is 1.93. The van der Waals surface area contributed by atoms with E-state index in [9.17, 15) is 4.79 Å². The summed E-state index contributed by atoms with van der Waals surface area (Å²) < 4.78 is 16.4. The van der Waals surface area contributed by atoms with Gasteiger partial charge in [-0.2, -0.15) is 0 Å². The van der Waals surface area contributed by atoms with Crippen LogP contribution in [0.3, 0.4) is 0 Å². The first-order valence-corrected chi connectivity index (χ1v) is 8.33. The molecule has 0 N–H and O–H groups in total. The van der Waals surface area contributed by atoms with E-state index < -0.39 is 5.97 Å². The Bertz CT molecular complexity index is 830. The predicted molar refractivity (Wildman–Crippen MR) is 87.7 cm³/mol. The average molecular weight is 331 g/mol. The van der Waals surface area contributed by atoms with E-state index in [4.69, 9.17) is 13.6 Å². The maximum Gasteiger partial charge on any atom is 0.374 e. The normalized spacial score (nSPS) is 11.1.